The van der Waals surface area contributed by atoms with Gasteiger partial charge in [-0.1, -0.05) is 39.0 Å². The Balaban J connectivity index is 3.03. The molecule has 1 atom stereocenters. The summed E-state index contributed by atoms with van der Waals surface area (Å²) in [5.74, 6) is -0.220. The van der Waals surface area contributed by atoms with Gasteiger partial charge in [0, 0.05) is 12.1 Å². The third-order valence-electron chi connectivity index (χ3n) is 3.06. The van der Waals surface area contributed by atoms with Gasteiger partial charge in [0.15, 0.2) is 5.78 Å². The van der Waals surface area contributed by atoms with Gasteiger partial charge in [-0.15, -0.1) is 0 Å². The number of hydrogen-bond donors (Lipinski definition) is 2. The highest BCUT2D eigenvalue weighted by Crippen LogP contribution is 2.24. The van der Waals surface area contributed by atoms with Gasteiger partial charge >= 0.3 is 0 Å². The van der Waals surface area contributed by atoms with E-state index in [0.717, 1.165) is 5.56 Å². The van der Waals surface area contributed by atoms with E-state index in [9.17, 15) is 9.90 Å². The van der Waals surface area contributed by atoms with Gasteiger partial charge in [-0.2, -0.15) is 0 Å². The molecular weight excluding hydrogens is 226 g/mol. The predicted octanol–water partition coefficient (Wildman–Crippen LogP) is 2.06. The Kier molecular flexibility index (Phi) is 4.65. The van der Waals surface area contributed by atoms with Crippen molar-refractivity contribution >= 4 is 5.78 Å². The van der Waals surface area contributed by atoms with Crippen molar-refractivity contribution in [3.63, 3.8) is 0 Å². The molecule has 0 aliphatic heterocycles. The third kappa shape index (κ3) is 3.40. The molecule has 0 spiro atoms. The van der Waals surface area contributed by atoms with Crippen molar-refractivity contribution in [1.82, 2.24) is 5.32 Å². The number of rotatable bonds is 4. The summed E-state index contributed by atoms with van der Waals surface area (Å²) in [5.41, 5.74) is 2.78. The summed E-state index contributed by atoms with van der Waals surface area (Å²) in [5, 5.41) is 12.5. The van der Waals surface area contributed by atoms with Crippen LogP contribution in [0.5, 0.6) is 0 Å². The number of aliphatic hydroxyl groups excluding tert-OH is 1. The molecule has 18 heavy (non-hydrogen) atoms. The molecule has 0 saturated carbocycles. The number of carbonyl (C=O) groups is 1. The second-order valence-electron chi connectivity index (χ2n) is 5.72. The van der Waals surface area contributed by atoms with Crippen LogP contribution in [0.1, 0.15) is 42.3 Å². The largest absolute Gasteiger partial charge is 0.384 e. The molecule has 1 aromatic rings. The summed E-state index contributed by atoms with van der Waals surface area (Å²) in [4.78, 5) is 12.0. The molecule has 100 valence electrons. The van der Waals surface area contributed by atoms with Gasteiger partial charge in [-0.05, 0) is 30.5 Å². The van der Waals surface area contributed by atoms with E-state index in [1.54, 1.807) is 7.05 Å². The summed E-state index contributed by atoms with van der Waals surface area (Å²) in [7, 11) is 1.71. The van der Waals surface area contributed by atoms with Crippen molar-refractivity contribution in [2.45, 2.75) is 39.2 Å². The number of nitrogens with one attached hydrogen (secondary N) is 1. The van der Waals surface area contributed by atoms with Crippen LogP contribution in [0, 0.1) is 6.92 Å². The smallest absolute Gasteiger partial charge is 0.192 e. The Morgan fingerprint density at radius 3 is 2.44 bits per heavy atom. The molecule has 1 rings (SSSR count). The van der Waals surface area contributed by atoms with Crippen LogP contribution in [-0.2, 0) is 5.41 Å². The maximum Gasteiger partial charge on any atom is 0.192 e. The van der Waals surface area contributed by atoms with Crippen molar-refractivity contribution in [3.05, 3.63) is 34.9 Å². The highest BCUT2D eigenvalue weighted by Gasteiger charge is 2.20. The first-order chi connectivity index (χ1) is 8.27. The number of Topliss-reactive ketones (excluding diaryl/α,β-unsaturated/α-hetero) is 1. The fourth-order valence-corrected chi connectivity index (χ4v) is 1.87. The Hall–Kier alpha value is -1.19. The van der Waals surface area contributed by atoms with Crippen LogP contribution >= 0.6 is 0 Å². The lowest BCUT2D eigenvalue weighted by molar-refractivity contribution is 0.0749. The van der Waals surface area contributed by atoms with Crippen molar-refractivity contribution in [2.75, 3.05) is 13.6 Å². The van der Waals surface area contributed by atoms with Crippen LogP contribution in [-0.4, -0.2) is 30.6 Å². The monoisotopic (exact) mass is 249 g/mol. The second-order valence-corrected chi connectivity index (χ2v) is 5.72. The van der Waals surface area contributed by atoms with Crippen LogP contribution < -0.4 is 5.32 Å². The molecule has 3 heteroatoms. The summed E-state index contributed by atoms with van der Waals surface area (Å²) >= 11 is 0. The van der Waals surface area contributed by atoms with Crippen LogP contribution in [0.3, 0.4) is 0 Å². The molecule has 0 aliphatic carbocycles. The number of ketones is 1. The summed E-state index contributed by atoms with van der Waals surface area (Å²) < 4.78 is 0. The average molecular weight is 249 g/mol. The van der Waals surface area contributed by atoms with Crippen LogP contribution in [0.4, 0.5) is 0 Å². The molecule has 0 heterocycles. The molecule has 1 aromatic carbocycles. The summed E-state index contributed by atoms with van der Waals surface area (Å²) in [6, 6.07) is 5.81. The van der Waals surface area contributed by atoms with Crippen molar-refractivity contribution in [2.24, 2.45) is 0 Å². The minimum atomic E-state index is -0.978. The second kappa shape index (κ2) is 5.63. The fourth-order valence-electron chi connectivity index (χ4n) is 1.87. The van der Waals surface area contributed by atoms with E-state index in [-0.39, 0.29) is 17.7 Å². The minimum Gasteiger partial charge on any atom is -0.384 e. The molecule has 1 unspecified atom stereocenters. The molecule has 2 N–H and O–H groups in total. The zero-order valence-electron chi connectivity index (χ0n) is 11.9. The molecule has 0 amide bonds. The lowest BCUT2D eigenvalue weighted by Crippen LogP contribution is -2.31. The zero-order chi connectivity index (χ0) is 13.9. The van der Waals surface area contributed by atoms with Gasteiger partial charge < -0.3 is 10.4 Å². The van der Waals surface area contributed by atoms with E-state index in [4.69, 9.17) is 0 Å². The van der Waals surface area contributed by atoms with Crippen LogP contribution in [0.2, 0.25) is 0 Å². The number of benzene rings is 1. The Labute approximate surface area is 109 Å². The van der Waals surface area contributed by atoms with Gasteiger partial charge in [-0.25, -0.2) is 0 Å². The summed E-state index contributed by atoms with van der Waals surface area (Å²) in [6.07, 6.45) is -0.978. The predicted molar refractivity (Wildman–Crippen MR) is 74.1 cm³/mol. The van der Waals surface area contributed by atoms with E-state index in [1.807, 2.05) is 25.1 Å². The molecular formula is C15H23NO2. The lowest BCUT2D eigenvalue weighted by Gasteiger charge is -2.21. The molecule has 0 bridgehead atoms. The van der Waals surface area contributed by atoms with E-state index in [1.165, 1.54) is 5.56 Å². The van der Waals surface area contributed by atoms with E-state index >= 15 is 0 Å². The Morgan fingerprint density at radius 2 is 2.00 bits per heavy atom. The zero-order valence-corrected chi connectivity index (χ0v) is 11.9. The first kappa shape index (κ1) is 14.9. The first-order valence-corrected chi connectivity index (χ1v) is 6.25. The molecule has 3 nitrogen and oxygen atoms in total. The standard InChI is InChI=1S/C15H23NO2/c1-10-8-11(15(2,3)4)6-7-12(10)14(18)13(17)9-16-5/h6-8,13,16-17H,9H2,1-5H3. The number of likely N-dealkylation sites (N-methyl/N-ethyl adjacent to an activating group) is 1. The topological polar surface area (TPSA) is 49.3 Å². The average Bonchev–Trinajstić information content (AvgIpc) is 2.27. The van der Waals surface area contributed by atoms with Gasteiger partial charge in [0.05, 0.1) is 0 Å². The number of carbonyl (C=O) groups excluding carboxylic acids is 1. The molecule has 0 radical (unpaired) electrons. The number of aliphatic hydroxyl groups is 1. The van der Waals surface area contributed by atoms with E-state index < -0.39 is 6.10 Å². The first-order valence-electron chi connectivity index (χ1n) is 6.25. The summed E-state index contributed by atoms with van der Waals surface area (Å²) in [6.45, 7) is 8.60. The number of hydrogen-bond acceptors (Lipinski definition) is 3. The van der Waals surface area contributed by atoms with Crippen LogP contribution in [0.25, 0.3) is 0 Å². The van der Waals surface area contributed by atoms with Crippen molar-refractivity contribution in [1.29, 1.82) is 0 Å². The molecule has 0 aliphatic rings. The Morgan fingerprint density at radius 1 is 1.39 bits per heavy atom. The Bertz CT molecular complexity index is 433. The normalized spacial score (nSPS) is 13.4. The SMILES string of the molecule is CNCC(O)C(=O)c1ccc(C(C)(C)C)cc1C. The molecule has 0 fully saturated rings. The molecule has 0 saturated heterocycles. The van der Waals surface area contributed by atoms with Gasteiger partial charge in [0.1, 0.15) is 6.10 Å². The van der Waals surface area contributed by atoms with Crippen molar-refractivity contribution in [3.8, 4) is 0 Å². The van der Waals surface area contributed by atoms with Gasteiger partial charge in [0.25, 0.3) is 0 Å². The lowest BCUT2D eigenvalue weighted by atomic mass is 9.84. The number of aryl methyl sites for hydroxylation is 1. The third-order valence-corrected chi connectivity index (χ3v) is 3.06. The molecule has 0 aromatic heterocycles. The fraction of sp³-hybridized carbons (Fsp3) is 0.533. The quantitative estimate of drug-likeness (QED) is 0.803. The highest BCUT2D eigenvalue weighted by atomic mass is 16.3. The van der Waals surface area contributed by atoms with Gasteiger partial charge in [0.2, 0.25) is 0 Å². The van der Waals surface area contributed by atoms with E-state index in [0.29, 0.717) is 5.56 Å². The van der Waals surface area contributed by atoms with Gasteiger partial charge in [-0.3, -0.25) is 4.79 Å². The van der Waals surface area contributed by atoms with Crippen LogP contribution in [0.15, 0.2) is 18.2 Å². The minimum absolute atomic E-state index is 0.0654. The maximum absolute atomic E-state index is 12.0. The maximum atomic E-state index is 12.0. The van der Waals surface area contributed by atoms with Crippen molar-refractivity contribution < 1.29 is 9.90 Å². The van der Waals surface area contributed by atoms with E-state index in [2.05, 4.69) is 26.1 Å². The highest BCUT2D eigenvalue weighted by molar-refractivity contribution is 6.00.